The van der Waals surface area contributed by atoms with E-state index in [1.165, 1.54) is 22.3 Å². The van der Waals surface area contributed by atoms with E-state index in [0.717, 1.165) is 44.3 Å². The van der Waals surface area contributed by atoms with Gasteiger partial charge in [-0.05, 0) is 123 Å². The van der Waals surface area contributed by atoms with Crippen molar-refractivity contribution in [1.29, 1.82) is 5.26 Å². The monoisotopic (exact) mass is 843 g/mol. The fourth-order valence-electron chi connectivity index (χ4n) is 8.50. The third-order valence-corrected chi connectivity index (χ3v) is 12.4. The Morgan fingerprint density at radius 1 is 0.391 bits per heavy atom. The second-order valence-electron chi connectivity index (χ2n) is 21.2. The Labute approximate surface area is 377 Å². The van der Waals surface area contributed by atoms with E-state index in [9.17, 15) is 5.26 Å². The molecule has 4 heterocycles. The molecule has 0 unspecified atom stereocenters. The molecule has 0 N–H and O–H groups in total. The van der Waals surface area contributed by atoms with Crippen LogP contribution in [0.1, 0.15) is 111 Å². The maximum Gasteiger partial charge on any atom is 0.229 e. The minimum atomic E-state index is 0.0165. The van der Waals surface area contributed by atoms with Crippen molar-refractivity contribution in [3.63, 3.8) is 0 Å². The summed E-state index contributed by atoms with van der Waals surface area (Å²) >= 11 is 0. The Kier molecular flexibility index (Phi) is 10.0. The molecule has 322 valence electrons. The Balaban J connectivity index is 1.16. The van der Waals surface area contributed by atoms with Gasteiger partial charge in [0.1, 0.15) is 23.3 Å². The van der Waals surface area contributed by atoms with Gasteiger partial charge in [0, 0.05) is 44.3 Å². The molecule has 0 aliphatic rings. The summed E-state index contributed by atoms with van der Waals surface area (Å²) in [5, 5.41) is 14.0. The lowest BCUT2D eigenvalue weighted by Gasteiger charge is -2.27. The van der Waals surface area contributed by atoms with Crippen LogP contribution in [0.15, 0.2) is 136 Å². The largest absolute Gasteiger partial charge is 0.436 e. The number of hydrogen-bond acceptors (Lipinski definition) is 7. The van der Waals surface area contributed by atoms with Gasteiger partial charge >= 0.3 is 0 Å². The summed E-state index contributed by atoms with van der Waals surface area (Å²) in [5.74, 6) is 1.40. The summed E-state index contributed by atoms with van der Waals surface area (Å²) in [4.78, 5) is 14.6. The van der Waals surface area contributed by atoms with Crippen LogP contribution in [-0.2, 0) is 21.7 Å². The van der Waals surface area contributed by atoms with Crippen LogP contribution in [-0.4, -0.2) is 9.97 Å². The minimum absolute atomic E-state index is 0.0165. The lowest BCUT2D eigenvalue weighted by molar-refractivity contribution is 0.590. The highest BCUT2D eigenvalue weighted by atomic mass is 16.4. The fourth-order valence-corrected chi connectivity index (χ4v) is 8.50. The molecule has 0 aliphatic heterocycles. The molecule has 9 rings (SSSR count). The molecule has 0 radical (unpaired) electrons. The molecule has 5 aromatic carbocycles. The van der Waals surface area contributed by atoms with Crippen molar-refractivity contribution in [3.8, 4) is 6.07 Å². The smallest absolute Gasteiger partial charge is 0.229 e. The summed E-state index contributed by atoms with van der Waals surface area (Å²) in [6.45, 7) is 26.7. The number of pyridine rings is 2. The van der Waals surface area contributed by atoms with Crippen LogP contribution >= 0.6 is 0 Å². The Bertz CT molecular complexity index is 2900. The zero-order valence-corrected chi connectivity index (χ0v) is 39.2. The molecule has 64 heavy (non-hydrogen) atoms. The molecule has 0 bridgehead atoms. The molecular weight excluding hydrogens is 787 g/mol. The van der Waals surface area contributed by atoms with Crippen LogP contribution in [0.5, 0.6) is 0 Å². The van der Waals surface area contributed by atoms with E-state index in [-0.39, 0.29) is 21.7 Å². The predicted octanol–water partition coefficient (Wildman–Crippen LogP) is 16.3. The second kappa shape index (κ2) is 15.1. The van der Waals surface area contributed by atoms with Gasteiger partial charge in [-0.3, -0.25) is 9.80 Å². The van der Waals surface area contributed by atoms with Crippen molar-refractivity contribution >= 4 is 78.5 Å². The van der Waals surface area contributed by atoms with E-state index in [0.29, 0.717) is 39.8 Å². The van der Waals surface area contributed by atoms with Gasteiger partial charge < -0.3 is 8.83 Å². The second-order valence-corrected chi connectivity index (χ2v) is 21.2. The number of anilines is 6. The highest BCUT2D eigenvalue weighted by Crippen LogP contribution is 2.43. The Morgan fingerprint density at radius 3 is 0.922 bits per heavy atom. The highest BCUT2D eigenvalue weighted by Gasteiger charge is 2.26. The van der Waals surface area contributed by atoms with Crippen molar-refractivity contribution in [2.45, 2.75) is 105 Å². The first-order chi connectivity index (χ1) is 30.2. The molecule has 9 aromatic rings. The normalized spacial score (nSPS) is 12.7. The van der Waals surface area contributed by atoms with Crippen LogP contribution in [0.4, 0.5) is 34.4 Å². The lowest BCUT2D eigenvalue weighted by Crippen LogP contribution is -2.15. The van der Waals surface area contributed by atoms with Gasteiger partial charge in [-0.15, -0.1) is 0 Å². The molecule has 0 aliphatic carbocycles. The highest BCUT2D eigenvalue weighted by molar-refractivity contribution is 6.17. The molecule has 0 saturated carbocycles. The number of fused-ring (bicyclic) bond motifs is 6. The topological polar surface area (TPSA) is 82.3 Å². The van der Waals surface area contributed by atoms with Gasteiger partial charge in [0.15, 0.2) is 11.2 Å². The number of aromatic nitrogens is 2. The molecular formula is C57H57N5O2. The quantitative estimate of drug-likeness (QED) is 0.165. The third kappa shape index (κ3) is 7.66. The van der Waals surface area contributed by atoms with Crippen LogP contribution < -0.4 is 9.80 Å². The summed E-state index contributed by atoms with van der Waals surface area (Å²) in [7, 11) is 0. The Hall–Kier alpha value is -6.91. The van der Waals surface area contributed by atoms with Crippen molar-refractivity contribution in [1.82, 2.24) is 9.97 Å². The predicted molar refractivity (Wildman–Crippen MR) is 265 cm³/mol. The Morgan fingerprint density at radius 2 is 0.672 bits per heavy atom. The molecule has 0 atom stereocenters. The fraction of sp³-hybridized carbons (Fsp3) is 0.281. The van der Waals surface area contributed by atoms with E-state index in [2.05, 4.69) is 196 Å². The average molecular weight is 844 g/mol. The van der Waals surface area contributed by atoms with E-state index in [1.807, 2.05) is 30.3 Å². The molecule has 0 fully saturated rings. The zero-order valence-electron chi connectivity index (χ0n) is 39.2. The average Bonchev–Trinajstić information content (AvgIpc) is 3.80. The summed E-state index contributed by atoms with van der Waals surface area (Å²) in [6.07, 6.45) is 0. The molecule has 7 heteroatoms. The molecule has 0 saturated heterocycles. The van der Waals surface area contributed by atoms with E-state index < -0.39 is 0 Å². The number of rotatable bonds is 6. The lowest BCUT2D eigenvalue weighted by atomic mass is 9.86. The van der Waals surface area contributed by atoms with Crippen molar-refractivity contribution in [2.24, 2.45) is 0 Å². The number of benzene rings is 5. The number of hydrogen-bond donors (Lipinski definition) is 0. The van der Waals surface area contributed by atoms with E-state index in [4.69, 9.17) is 18.8 Å². The van der Waals surface area contributed by atoms with Crippen LogP contribution in [0, 0.1) is 11.3 Å². The summed E-state index contributed by atoms with van der Waals surface area (Å²) in [6, 6.07) is 47.3. The van der Waals surface area contributed by atoms with Crippen molar-refractivity contribution < 1.29 is 8.83 Å². The van der Waals surface area contributed by atoms with Crippen LogP contribution in [0.2, 0.25) is 0 Å². The van der Waals surface area contributed by atoms with Gasteiger partial charge in [-0.1, -0.05) is 132 Å². The first kappa shape index (κ1) is 42.4. The third-order valence-electron chi connectivity index (χ3n) is 12.4. The number of furan rings is 2. The van der Waals surface area contributed by atoms with Gasteiger partial charge in [0.25, 0.3) is 0 Å². The van der Waals surface area contributed by atoms with Gasteiger partial charge in [-0.2, -0.15) is 15.2 Å². The standard InChI is InChI=1S/C57H57N5O2/c1-54(2,3)35-13-21-39(22-14-35)61(40-23-15-36(16-24-40)55(4,5)6)48-31-29-43-45-33-46-44-30-32-49(60-53(44)64-51(46)47(34-58)50(45)63-52(43)59-48)62(41-25-17-37(18-26-41)56(7,8)9)42-27-19-38(20-28-42)57(10,11)12/h13-33H,1-12H3. The summed E-state index contributed by atoms with van der Waals surface area (Å²) in [5.41, 5.74) is 11.1. The molecule has 4 aromatic heterocycles. The number of nitrogens with zero attached hydrogens (tertiary/aromatic N) is 5. The first-order valence-electron chi connectivity index (χ1n) is 22.2. The minimum Gasteiger partial charge on any atom is -0.436 e. The van der Waals surface area contributed by atoms with Gasteiger partial charge in [-0.25, -0.2) is 0 Å². The SMILES string of the molecule is CC(C)(C)c1ccc(N(c2ccc(C(C)(C)C)cc2)c2ccc3c(n2)oc2c(C#N)c4oc5nc(N(c6ccc(C(C)(C)C)cc6)c6ccc(C(C)(C)C)cc6)ccc5c4cc23)cc1. The van der Waals surface area contributed by atoms with E-state index in [1.54, 1.807) is 0 Å². The number of nitriles is 1. The van der Waals surface area contributed by atoms with Crippen LogP contribution in [0.3, 0.4) is 0 Å². The zero-order chi connectivity index (χ0) is 45.5. The van der Waals surface area contributed by atoms with Gasteiger partial charge in [0.05, 0.1) is 0 Å². The maximum atomic E-state index is 10.8. The molecule has 7 nitrogen and oxygen atoms in total. The van der Waals surface area contributed by atoms with Gasteiger partial charge in [0.2, 0.25) is 11.4 Å². The van der Waals surface area contributed by atoms with Crippen LogP contribution in [0.25, 0.3) is 44.1 Å². The van der Waals surface area contributed by atoms with E-state index >= 15 is 0 Å². The van der Waals surface area contributed by atoms with Crippen molar-refractivity contribution in [2.75, 3.05) is 9.80 Å². The summed E-state index contributed by atoms with van der Waals surface area (Å²) < 4.78 is 13.1. The van der Waals surface area contributed by atoms with Crippen molar-refractivity contribution in [3.05, 3.63) is 155 Å². The first-order valence-corrected chi connectivity index (χ1v) is 22.2. The molecule has 0 amide bonds. The maximum absolute atomic E-state index is 10.8. The molecule has 0 spiro atoms.